The third kappa shape index (κ3) is 1.49. The van der Waals surface area contributed by atoms with Gasteiger partial charge in [0.15, 0.2) is 0 Å². The number of hydrogen-bond donors (Lipinski definition) is 1. The number of aliphatic hydroxyl groups is 1. The fourth-order valence-electron chi connectivity index (χ4n) is 0.764. The minimum atomic E-state index is 0.895. The molecule has 0 saturated carbocycles. The molecule has 0 aliphatic carbocycles. The van der Waals surface area contributed by atoms with Crippen LogP contribution in [0.3, 0.4) is 0 Å². The van der Waals surface area contributed by atoms with Crippen molar-refractivity contribution in [2.75, 3.05) is 0 Å². The zero-order chi connectivity index (χ0) is 7.56. The lowest BCUT2D eigenvalue weighted by atomic mass is 10.1. The highest BCUT2D eigenvalue weighted by molar-refractivity contribution is 14.1. The van der Waals surface area contributed by atoms with E-state index in [-0.39, 0.29) is 0 Å². The maximum absolute atomic E-state index is 8.71. The average molecular weight is 247 g/mol. The van der Waals surface area contributed by atoms with E-state index >= 15 is 0 Å². The summed E-state index contributed by atoms with van der Waals surface area (Å²) in [6.07, 6.45) is 0. The highest BCUT2D eigenvalue weighted by Gasteiger charge is 1.98. The van der Waals surface area contributed by atoms with Gasteiger partial charge in [0.25, 0.3) is 0 Å². The minimum Gasteiger partial charge on any atom is -0.385 e. The van der Waals surface area contributed by atoms with Crippen LogP contribution in [-0.4, -0.2) is 5.11 Å². The second-order valence-electron chi connectivity index (χ2n) is 2.08. The Morgan fingerprint density at radius 2 is 2.20 bits per heavy atom. The van der Waals surface area contributed by atoms with Crippen LogP contribution in [0.15, 0.2) is 18.2 Å². The van der Waals surface area contributed by atoms with E-state index in [0.717, 1.165) is 17.7 Å². The topological polar surface area (TPSA) is 20.2 Å². The van der Waals surface area contributed by atoms with Gasteiger partial charge in [0.2, 0.25) is 0 Å². The second-order valence-corrected chi connectivity index (χ2v) is 3.25. The molecule has 0 saturated heterocycles. The number of benzene rings is 1. The Labute approximate surface area is 74.2 Å². The van der Waals surface area contributed by atoms with E-state index in [2.05, 4.69) is 22.6 Å². The summed E-state index contributed by atoms with van der Waals surface area (Å²) in [5.74, 6) is 0. The first-order chi connectivity index (χ1) is 4.75. The van der Waals surface area contributed by atoms with Crippen LogP contribution in [0.4, 0.5) is 0 Å². The van der Waals surface area contributed by atoms with Gasteiger partial charge in [0.1, 0.15) is 6.61 Å². The van der Waals surface area contributed by atoms with E-state index in [1.54, 1.807) is 0 Å². The maximum Gasteiger partial charge on any atom is 0.109 e. The SMILES string of the molecule is Cc1c(I)cccc1[CH]O. The monoisotopic (exact) mass is 247 g/mol. The Kier molecular flexibility index (Phi) is 2.68. The first kappa shape index (κ1) is 8.01. The number of halogens is 1. The molecule has 53 valence electrons. The largest absolute Gasteiger partial charge is 0.385 e. The van der Waals surface area contributed by atoms with Gasteiger partial charge in [-0.25, -0.2) is 0 Å². The summed E-state index contributed by atoms with van der Waals surface area (Å²) in [7, 11) is 0. The Bertz CT molecular complexity index is 233. The van der Waals surface area contributed by atoms with Crippen molar-refractivity contribution >= 4 is 22.6 Å². The lowest BCUT2D eigenvalue weighted by molar-refractivity contribution is 0.414. The van der Waals surface area contributed by atoms with E-state index in [9.17, 15) is 0 Å². The molecule has 1 radical (unpaired) electrons. The molecule has 2 heteroatoms. The van der Waals surface area contributed by atoms with Gasteiger partial charge < -0.3 is 5.11 Å². The smallest absolute Gasteiger partial charge is 0.109 e. The quantitative estimate of drug-likeness (QED) is 0.756. The minimum absolute atomic E-state index is 0.895. The molecule has 1 rings (SSSR count). The van der Waals surface area contributed by atoms with Gasteiger partial charge in [-0.15, -0.1) is 0 Å². The average Bonchev–Trinajstić information content (AvgIpc) is 1.95. The summed E-state index contributed by atoms with van der Waals surface area (Å²) in [5, 5.41) is 8.71. The third-order valence-corrected chi connectivity index (χ3v) is 2.62. The van der Waals surface area contributed by atoms with Crippen LogP contribution in [0, 0.1) is 17.1 Å². The van der Waals surface area contributed by atoms with E-state index in [1.807, 2.05) is 25.1 Å². The molecular formula is C8H8IO. The Balaban J connectivity index is 3.14. The molecule has 0 atom stereocenters. The summed E-state index contributed by atoms with van der Waals surface area (Å²) in [6, 6.07) is 5.83. The highest BCUT2D eigenvalue weighted by Crippen LogP contribution is 2.15. The van der Waals surface area contributed by atoms with Crippen molar-refractivity contribution in [1.29, 1.82) is 0 Å². The molecule has 0 bridgehead atoms. The maximum atomic E-state index is 8.71. The predicted molar refractivity (Wildman–Crippen MR) is 49.2 cm³/mol. The van der Waals surface area contributed by atoms with Gasteiger partial charge in [0, 0.05) is 3.57 Å². The summed E-state index contributed by atoms with van der Waals surface area (Å²) in [4.78, 5) is 0. The van der Waals surface area contributed by atoms with E-state index in [0.29, 0.717) is 0 Å². The molecule has 0 aromatic heterocycles. The van der Waals surface area contributed by atoms with Crippen LogP contribution in [-0.2, 0) is 0 Å². The van der Waals surface area contributed by atoms with Crippen molar-refractivity contribution in [1.82, 2.24) is 0 Å². The van der Waals surface area contributed by atoms with E-state index in [1.165, 1.54) is 3.57 Å². The van der Waals surface area contributed by atoms with Crippen molar-refractivity contribution in [2.45, 2.75) is 6.92 Å². The van der Waals surface area contributed by atoms with Crippen LogP contribution in [0.5, 0.6) is 0 Å². The lowest BCUT2D eigenvalue weighted by Gasteiger charge is -2.01. The number of hydrogen-bond acceptors (Lipinski definition) is 1. The summed E-state index contributed by atoms with van der Waals surface area (Å²) in [6.45, 7) is 3.13. The normalized spacial score (nSPS) is 9.90. The Morgan fingerprint density at radius 3 is 2.70 bits per heavy atom. The molecule has 0 aliphatic heterocycles. The van der Waals surface area contributed by atoms with Crippen molar-refractivity contribution in [3.63, 3.8) is 0 Å². The van der Waals surface area contributed by atoms with Gasteiger partial charge in [0.05, 0.1) is 0 Å². The van der Waals surface area contributed by atoms with Crippen LogP contribution < -0.4 is 0 Å². The summed E-state index contributed by atoms with van der Waals surface area (Å²) >= 11 is 2.24. The second kappa shape index (κ2) is 3.34. The molecule has 1 N–H and O–H groups in total. The van der Waals surface area contributed by atoms with E-state index < -0.39 is 0 Å². The zero-order valence-corrected chi connectivity index (χ0v) is 7.79. The van der Waals surface area contributed by atoms with Crippen molar-refractivity contribution in [3.05, 3.63) is 39.5 Å². The fraction of sp³-hybridized carbons (Fsp3) is 0.125. The summed E-state index contributed by atoms with van der Waals surface area (Å²) in [5.41, 5.74) is 2.03. The van der Waals surface area contributed by atoms with Gasteiger partial charge >= 0.3 is 0 Å². The fourth-order valence-corrected chi connectivity index (χ4v) is 1.28. The molecule has 1 aromatic rings. The van der Waals surface area contributed by atoms with Gasteiger partial charge in [-0.1, -0.05) is 12.1 Å². The van der Waals surface area contributed by atoms with Crippen LogP contribution in [0.1, 0.15) is 11.1 Å². The molecule has 0 amide bonds. The van der Waals surface area contributed by atoms with Crippen LogP contribution in [0.2, 0.25) is 0 Å². The molecule has 0 heterocycles. The zero-order valence-electron chi connectivity index (χ0n) is 5.63. The third-order valence-electron chi connectivity index (χ3n) is 1.45. The highest BCUT2D eigenvalue weighted by atomic mass is 127. The first-order valence-corrected chi connectivity index (χ1v) is 4.06. The Hall–Kier alpha value is -0.0900. The molecular weight excluding hydrogens is 239 g/mol. The lowest BCUT2D eigenvalue weighted by Crippen LogP contribution is -1.87. The Morgan fingerprint density at radius 1 is 1.50 bits per heavy atom. The van der Waals surface area contributed by atoms with Crippen molar-refractivity contribution in [3.8, 4) is 0 Å². The molecule has 1 aromatic carbocycles. The van der Waals surface area contributed by atoms with Gasteiger partial charge in [-0.3, -0.25) is 0 Å². The molecule has 10 heavy (non-hydrogen) atoms. The molecule has 0 unspecified atom stereocenters. The van der Waals surface area contributed by atoms with Gasteiger partial charge in [-0.2, -0.15) is 0 Å². The summed E-state index contributed by atoms with van der Waals surface area (Å²) < 4.78 is 1.18. The molecule has 0 fully saturated rings. The molecule has 0 aliphatic rings. The first-order valence-electron chi connectivity index (χ1n) is 2.98. The predicted octanol–water partition coefficient (Wildman–Crippen LogP) is 2.48. The number of aliphatic hydroxyl groups excluding tert-OH is 1. The number of rotatable bonds is 1. The van der Waals surface area contributed by atoms with Crippen molar-refractivity contribution in [2.24, 2.45) is 0 Å². The molecule has 1 nitrogen and oxygen atoms in total. The standard InChI is InChI=1S/C8H8IO/c1-6-7(5-10)3-2-4-8(6)9/h2-5,10H,1H3. The van der Waals surface area contributed by atoms with Crippen LogP contribution >= 0.6 is 22.6 Å². The van der Waals surface area contributed by atoms with Crippen molar-refractivity contribution < 1.29 is 5.11 Å². The molecule has 0 spiro atoms. The van der Waals surface area contributed by atoms with E-state index in [4.69, 9.17) is 5.11 Å². The van der Waals surface area contributed by atoms with Gasteiger partial charge in [-0.05, 0) is 46.7 Å². The van der Waals surface area contributed by atoms with Crippen LogP contribution in [0.25, 0.3) is 0 Å².